The number of urea groups is 1. The van der Waals surface area contributed by atoms with Crippen molar-refractivity contribution in [2.45, 2.75) is 33.2 Å². The third-order valence-corrected chi connectivity index (χ3v) is 3.70. The molecule has 0 radical (unpaired) electrons. The van der Waals surface area contributed by atoms with Crippen molar-refractivity contribution < 1.29 is 9.32 Å². The van der Waals surface area contributed by atoms with Crippen LogP contribution in [0.1, 0.15) is 31.1 Å². The zero-order valence-corrected chi connectivity index (χ0v) is 14.1. The zero-order chi connectivity index (χ0) is 16.5. The highest BCUT2D eigenvalue weighted by atomic mass is 35.5. The summed E-state index contributed by atoms with van der Waals surface area (Å²) in [4.78, 5) is 16.3. The van der Waals surface area contributed by atoms with Crippen molar-refractivity contribution in [3.63, 3.8) is 0 Å². The number of amides is 2. The van der Waals surface area contributed by atoms with Gasteiger partial charge in [-0.05, 0) is 45.4 Å². The third kappa shape index (κ3) is 3.69. The molecule has 1 aromatic carbocycles. The van der Waals surface area contributed by atoms with Crippen molar-refractivity contribution in [3.05, 3.63) is 39.5 Å². The summed E-state index contributed by atoms with van der Waals surface area (Å²) in [5, 5.41) is 10.0. The number of halogens is 2. The highest BCUT2D eigenvalue weighted by Gasteiger charge is 2.29. The Kier molecular flexibility index (Phi) is 4.63. The van der Waals surface area contributed by atoms with Gasteiger partial charge in [-0.3, -0.25) is 0 Å². The smallest absolute Gasteiger partial charge is 0.320 e. The minimum Gasteiger partial charge on any atom is -0.337 e. The maximum Gasteiger partial charge on any atom is 0.320 e. The number of benzene rings is 1. The molecule has 0 spiro atoms. The Morgan fingerprint density at radius 1 is 1.23 bits per heavy atom. The number of nitrogens with zero attached hydrogens (tertiary/aromatic N) is 2. The van der Waals surface area contributed by atoms with E-state index in [9.17, 15) is 4.79 Å². The van der Waals surface area contributed by atoms with Gasteiger partial charge in [0.1, 0.15) is 5.54 Å². The normalized spacial score (nSPS) is 11.4. The Labute approximate surface area is 138 Å². The average molecular weight is 343 g/mol. The van der Waals surface area contributed by atoms with Crippen molar-refractivity contribution in [1.82, 2.24) is 15.5 Å². The summed E-state index contributed by atoms with van der Waals surface area (Å²) in [6.07, 6.45) is 0. The van der Waals surface area contributed by atoms with Gasteiger partial charge < -0.3 is 15.2 Å². The maximum atomic E-state index is 12.1. The van der Waals surface area contributed by atoms with E-state index in [4.69, 9.17) is 27.7 Å². The summed E-state index contributed by atoms with van der Waals surface area (Å²) >= 11 is 12.1. The highest BCUT2D eigenvalue weighted by molar-refractivity contribution is 6.36. The third-order valence-electron chi connectivity index (χ3n) is 2.98. The predicted octanol–water partition coefficient (Wildman–Crippen LogP) is 4.05. The van der Waals surface area contributed by atoms with Crippen molar-refractivity contribution in [2.75, 3.05) is 5.32 Å². The lowest BCUT2D eigenvalue weighted by Crippen LogP contribution is -2.43. The van der Waals surface area contributed by atoms with E-state index in [1.807, 2.05) is 6.92 Å². The molecule has 2 rings (SSSR count). The van der Waals surface area contributed by atoms with Gasteiger partial charge in [-0.25, -0.2) is 4.79 Å². The van der Waals surface area contributed by atoms with E-state index in [2.05, 4.69) is 20.8 Å². The molecule has 1 aromatic heterocycles. The summed E-state index contributed by atoms with van der Waals surface area (Å²) < 4.78 is 5.09. The van der Waals surface area contributed by atoms with Crippen LogP contribution in [0.3, 0.4) is 0 Å². The first kappa shape index (κ1) is 16.6. The van der Waals surface area contributed by atoms with E-state index in [1.54, 1.807) is 32.9 Å². The van der Waals surface area contributed by atoms with Crippen LogP contribution in [0.4, 0.5) is 10.5 Å². The standard InChI is InChI=1S/C14H16Cl2N4O2/c1-7-5-10(16)11(6-9(7)15)18-13(21)19-14(3,4)12-17-8(2)20-22-12/h5-6H,1-4H3,(H2,18,19,21). The topological polar surface area (TPSA) is 80.0 Å². The van der Waals surface area contributed by atoms with E-state index >= 15 is 0 Å². The van der Waals surface area contributed by atoms with Crippen molar-refractivity contribution in [3.8, 4) is 0 Å². The fraction of sp³-hybridized carbons (Fsp3) is 0.357. The Bertz CT molecular complexity index is 713. The molecule has 2 amide bonds. The van der Waals surface area contributed by atoms with Crippen molar-refractivity contribution >= 4 is 34.9 Å². The fourth-order valence-corrected chi connectivity index (χ4v) is 2.21. The molecule has 0 saturated heterocycles. The second-order valence-electron chi connectivity index (χ2n) is 5.43. The van der Waals surface area contributed by atoms with Crippen molar-refractivity contribution in [1.29, 1.82) is 0 Å². The lowest BCUT2D eigenvalue weighted by molar-refractivity contribution is 0.228. The summed E-state index contributed by atoms with van der Waals surface area (Å²) in [5.74, 6) is 0.812. The van der Waals surface area contributed by atoms with Gasteiger partial charge in [0.05, 0.1) is 10.7 Å². The monoisotopic (exact) mass is 342 g/mol. The van der Waals surface area contributed by atoms with Gasteiger partial charge in [-0.15, -0.1) is 0 Å². The van der Waals surface area contributed by atoms with Crippen LogP contribution in [-0.4, -0.2) is 16.2 Å². The molecule has 118 valence electrons. The molecule has 22 heavy (non-hydrogen) atoms. The van der Waals surface area contributed by atoms with Crippen LogP contribution >= 0.6 is 23.2 Å². The molecule has 6 nitrogen and oxygen atoms in total. The molecule has 0 bridgehead atoms. The van der Waals surface area contributed by atoms with Crippen LogP contribution in [0.15, 0.2) is 16.7 Å². The average Bonchev–Trinajstić information content (AvgIpc) is 2.83. The minimum atomic E-state index is -0.827. The zero-order valence-electron chi connectivity index (χ0n) is 12.6. The van der Waals surface area contributed by atoms with E-state index in [0.29, 0.717) is 27.4 Å². The number of aromatic nitrogens is 2. The van der Waals surface area contributed by atoms with Gasteiger partial charge in [0.2, 0.25) is 0 Å². The predicted molar refractivity (Wildman–Crippen MR) is 85.4 cm³/mol. The molecule has 1 heterocycles. The van der Waals surface area contributed by atoms with Gasteiger partial charge in [0.15, 0.2) is 5.82 Å². The van der Waals surface area contributed by atoms with Crippen LogP contribution in [0.2, 0.25) is 10.0 Å². The number of anilines is 1. The molecule has 0 aliphatic rings. The van der Waals surface area contributed by atoms with Crippen molar-refractivity contribution in [2.24, 2.45) is 0 Å². The molecule has 0 atom stereocenters. The van der Waals surface area contributed by atoms with Crippen LogP contribution in [0.5, 0.6) is 0 Å². The Morgan fingerprint density at radius 2 is 1.91 bits per heavy atom. The quantitative estimate of drug-likeness (QED) is 0.881. The first-order valence-electron chi connectivity index (χ1n) is 6.54. The first-order chi connectivity index (χ1) is 10.2. The van der Waals surface area contributed by atoms with Gasteiger partial charge in [-0.2, -0.15) is 4.98 Å². The number of hydrogen-bond donors (Lipinski definition) is 2. The summed E-state index contributed by atoms with van der Waals surface area (Å²) in [5.41, 5.74) is 0.429. The van der Waals surface area contributed by atoms with Crippen LogP contribution in [0.25, 0.3) is 0 Å². The molecule has 2 aromatic rings. The largest absolute Gasteiger partial charge is 0.337 e. The number of rotatable bonds is 3. The Balaban J connectivity index is 2.11. The van der Waals surface area contributed by atoms with Gasteiger partial charge >= 0.3 is 6.03 Å². The first-order valence-corrected chi connectivity index (χ1v) is 7.30. The second-order valence-corrected chi connectivity index (χ2v) is 6.25. The summed E-state index contributed by atoms with van der Waals surface area (Å²) in [7, 11) is 0. The van der Waals surface area contributed by atoms with E-state index in [-0.39, 0.29) is 0 Å². The van der Waals surface area contributed by atoms with Crippen LogP contribution in [-0.2, 0) is 5.54 Å². The highest BCUT2D eigenvalue weighted by Crippen LogP contribution is 2.29. The van der Waals surface area contributed by atoms with E-state index < -0.39 is 11.6 Å². The minimum absolute atomic E-state index is 0.313. The Hall–Kier alpha value is -1.79. The molecule has 0 saturated carbocycles. The summed E-state index contributed by atoms with van der Waals surface area (Å²) in [6.45, 7) is 7.04. The van der Waals surface area contributed by atoms with E-state index in [0.717, 1.165) is 5.56 Å². The SMILES string of the molecule is Cc1noc(C(C)(C)NC(=O)Nc2cc(Cl)c(C)cc2Cl)n1. The van der Waals surface area contributed by atoms with Gasteiger partial charge in [-0.1, -0.05) is 28.4 Å². The lowest BCUT2D eigenvalue weighted by Gasteiger charge is -2.22. The summed E-state index contributed by atoms with van der Waals surface area (Å²) in [6, 6.07) is 2.83. The number of aryl methyl sites for hydroxylation is 2. The molecule has 2 N–H and O–H groups in total. The second kappa shape index (κ2) is 6.14. The molecule has 0 aliphatic heterocycles. The van der Waals surface area contributed by atoms with Crippen LogP contribution in [0, 0.1) is 13.8 Å². The van der Waals surface area contributed by atoms with Gasteiger partial charge in [0, 0.05) is 5.02 Å². The number of hydrogen-bond acceptors (Lipinski definition) is 4. The molecule has 8 heteroatoms. The number of carbonyl (C=O) groups is 1. The molecule has 0 aliphatic carbocycles. The Morgan fingerprint density at radius 3 is 2.50 bits per heavy atom. The molecular formula is C14H16Cl2N4O2. The fourth-order valence-electron chi connectivity index (χ4n) is 1.78. The number of nitrogens with one attached hydrogen (secondary N) is 2. The molecule has 0 fully saturated rings. The lowest BCUT2D eigenvalue weighted by atomic mass is 10.1. The maximum absolute atomic E-state index is 12.1. The molecule has 0 unspecified atom stereocenters. The van der Waals surface area contributed by atoms with Gasteiger partial charge in [0.25, 0.3) is 5.89 Å². The molecular weight excluding hydrogens is 327 g/mol. The number of carbonyl (C=O) groups excluding carboxylic acids is 1. The van der Waals surface area contributed by atoms with E-state index in [1.165, 1.54) is 0 Å². The van der Waals surface area contributed by atoms with Crippen LogP contribution < -0.4 is 10.6 Å².